The third-order valence-electron chi connectivity index (χ3n) is 4.36. The number of aromatic amines is 1. The van der Waals surface area contributed by atoms with Crippen LogP contribution in [0.4, 0.5) is 17.1 Å². The summed E-state index contributed by atoms with van der Waals surface area (Å²) in [6, 6.07) is 7.84. The zero-order valence-corrected chi connectivity index (χ0v) is 17.0. The first kappa shape index (κ1) is 22.4. The van der Waals surface area contributed by atoms with Crippen molar-refractivity contribution < 1.29 is 24.7 Å². The molecule has 3 aromatic rings. The highest BCUT2D eigenvalue weighted by atomic mass is 35.5. The van der Waals surface area contributed by atoms with Crippen LogP contribution in [-0.2, 0) is 9.53 Å². The van der Waals surface area contributed by atoms with E-state index in [1.807, 2.05) is 0 Å². The van der Waals surface area contributed by atoms with Gasteiger partial charge >= 0.3 is 5.97 Å². The molecule has 12 nitrogen and oxygen atoms in total. The molecule has 0 spiro atoms. The van der Waals surface area contributed by atoms with Crippen LogP contribution in [-0.4, -0.2) is 33.1 Å². The molecule has 0 fully saturated rings. The van der Waals surface area contributed by atoms with Crippen molar-refractivity contribution in [2.45, 2.75) is 5.92 Å². The molecule has 166 valence electrons. The molecule has 1 aromatic heterocycles. The predicted octanol–water partition coefficient (Wildman–Crippen LogP) is 1.52. The van der Waals surface area contributed by atoms with E-state index in [0.717, 1.165) is 19.2 Å². The number of H-pyrrole nitrogens is 1. The maximum absolute atomic E-state index is 12.9. The van der Waals surface area contributed by atoms with Gasteiger partial charge in [-0.2, -0.15) is 0 Å². The van der Waals surface area contributed by atoms with E-state index in [1.165, 1.54) is 24.3 Å². The Bertz CT molecular complexity index is 1320. The second-order valence-electron chi connectivity index (χ2n) is 6.44. The van der Waals surface area contributed by atoms with Gasteiger partial charge in [-0.15, -0.1) is 0 Å². The summed E-state index contributed by atoms with van der Waals surface area (Å²) in [5.41, 5.74) is 3.83. The number of carbonyl (C=O) groups excluding carboxylic acids is 1. The smallest absolute Gasteiger partial charge is 0.318 e. The van der Waals surface area contributed by atoms with Crippen LogP contribution in [0.15, 0.2) is 52.8 Å². The summed E-state index contributed by atoms with van der Waals surface area (Å²) in [7, 11) is 0.979. The lowest BCUT2D eigenvalue weighted by Gasteiger charge is -2.23. The quantitative estimate of drug-likeness (QED) is 0.137. The fourth-order valence-electron chi connectivity index (χ4n) is 2.86. The number of halogens is 1. The number of nitro benzene ring substituents is 1. The van der Waals surface area contributed by atoms with Gasteiger partial charge in [-0.25, -0.2) is 4.98 Å². The number of ether oxygens (including phenoxy) is 1. The summed E-state index contributed by atoms with van der Waals surface area (Å²) in [6.45, 7) is 0. The third-order valence-corrected chi connectivity index (χ3v) is 4.59. The molecule has 0 aliphatic carbocycles. The lowest BCUT2D eigenvalue weighted by atomic mass is 10.0. The number of hydrogen-bond donors (Lipinski definition) is 4. The van der Waals surface area contributed by atoms with Gasteiger partial charge in [0.25, 0.3) is 11.2 Å². The fraction of sp³-hybridized carbons (Fsp3) is 0.105. The van der Waals surface area contributed by atoms with E-state index >= 15 is 0 Å². The van der Waals surface area contributed by atoms with Crippen LogP contribution in [0, 0.1) is 10.1 Å². The first-order valence-corrected chi connectivity index (χ1v) is 9.18. The van der Waals surface area contributed by atoms with Crippen molar-refractivity contribution in [2.75, 3.05) is 18.2 Å². The SMILES string of the molecule is COC(=O)C(C([O-])=C(O)Nc1ccc(N)cc1[N+](=O)[O-])c1nc2ccc(Cl)cc2[nH]c1=O. The number of carbonyl (C=O) groups is 1. The van der Waals surface area contributed by atoms with Gasteiger partial charge in [-0.3, -0.25) is 19.7 Å². The number of anilines is 2. The van der Waals surface area contributed by atoms with E-state index in [9.17, 15) is 29.9 Å². The van der Waals surface area contributed by atoms with Crippen molar-refractivity contribution in [1.82, 2.24) is 9.97 Å². The molecular formula is C19H15ClN5O7-. The average molecular weight is 461 g/mol. The van der Waals surface area contributed by atoms with Gasteiger partial charge in [0.05, 0.1) is 23.1 Å². The molecule has 5 N–H and O–H groups in total. The summed E-state index contributed by atoms with van der Waals surface area (Å²) in [6.07, 6.45) is 0. The number of nitrogens with zero attached hydrogens (tertiary/aromatic N) is 2. The largest absolute Gasteiger partial charge is 0.871 e. The van der Waals surface area contributed by atoms with Crippen molar-refractivity contribution >= 4 is 45.7 Å². The highest BCUT2D eigenvalue weighted by Crippen LogP contribution is 2.29. The highest BCUT2D eigenvalue weighted by molar-refractivity contribution is 6.31. The van der Waals surface area contributed by atoms with Crippen LogP contribution in [0.5, 0.6) is 0 Å². The molecule has 1 unspecified atom stereocenters. The molecule has 1 atom stereocenters. The normalized spacial score (nSPS) is 12.7. The molecule has 13 heteroatoms. The van der Waals surface area contributed by atoms with Crippen LogP contribution in [0.1, 0.15) is 11.6 Å². The molecule has 0 aliphatic rings. The molecule has 0 amide bonds. The Morgan fingerprint density at radius 2 is 2.06 bits per heavy atom. The maximum atomic E-state index is 12.9. The number of esters is 1. The van der Waals surface area contributed by atoms with Gasteiger partial charge in [-0.05, 0) is 36.1 Å². The number of nitrogens with two attached hydrogens (primary N) is 1. The number of hydrogen-bond acceptors (Lipinski definition) is 10. The molecule has 0 radical (unpaired) electrons. The van der Waals surface area contributed by atoms with E-state index < -0.39 is 45.4 Å². The summed E-state index contributed by atoms with van der Waals surface area (Å²) < 4.78 is 4.60. The molecule has 0 aliphatic heterocycles. The Morgan fingerprint density at radius 1 is 1.34 bits per heavy atom. The Kier molecular flexibility index (Phi) is 6.16. The van der Waals surface area contributed by atoms with Gasteiger partial charge in [0, 0.05) is 16.8 Å². The van der Waals surface area contributed by atoms with E-state index in [1.54, 1.807) is 0 Å². The lowest BCUT2D eigenvalue weighted by Crippen LogP contribution is -2.32. The summed E-state index contributed by atoms with van der Waals surface area (Å²) in [5, 5.41) is 36.9. The number of benzene rings is 2. The van der Waals surface area contributed by atoms with Crippen molar-refractivity contribution in [3.8, 4) is 0 Å². The number of nitrogens with one attached hydrogen (secondary N) is 2. The number of aliphatic hydroxyl groups excluding tert-OH is 1. The Labute approximate surface area is 184 Å². The Morgan fingerprint density at radius 3 is 2.72 bits per heavy atom. The summed E-state index contributed by atoms with van der Waals surface area (Å²) in [5.74, 6) is -5.58. The van der Waals surface area contributed by atoms with E-state index in [-0.39, 0.29) is 22.4 Å². The van der Waals surface area contributed by atoms with Crippen LogP contribution >= 0.6 is 11.6 Å². The molecule has 0 saturated carbocycles. The third kappa shape index (κ3) is 4.39. The van der Waals surface area contributed by atoms with E-state index in [0.29, 0.717) is 5.02 Å². The van der Waals surface area contributed by atoms with Gasteiger partial charge in [0.2, 0.25) is 0 Å². The lowest BCUT2D eigenvalue weighted by molar-refractivity contribution is -0.383. The van der Waals surface area contributed by atoms with Gasteiger partial charge in [-0.1, -0.05) is 11.6 Å². The molecule has 3 rings (SSSR count). The number of methoxy groups -OCH3 is 1. The zero-order valence-electron chi connectivity index (χ0n) is 16.3. The van der Waals surface area contributed by atoms with Gasteiger partial charge in [0.15, 0.2) is 5.88 Å². The molecule has 0 saturated heterocycles. The van der Waals surface area contributed by atoms with Gasteiger partial charge in [0.1, 0.15) is 17.3 Å². The number of nitrogen functional groups attached to an aromatic ring is 1. The molecule has 0 bridgehead atoms. The molecular weight excluding hydrogens is 446 g/mol. The molecule has 2 aromatic carbocycles. The van der Waals surface area contributed by atoms with Crippen LogP contribution in [0.25, 0.3) is 11.0 Å². The average Bonchev–Trinajstić information content (AvgIpc) is 2.75. The van der Waals surface area contributed by atoms with Gasteiger partial charge < -0.3 is 31.0 Å². The first-order valence-electron chi connectivity index (χ1n) is 8.80. The van der Waals surface area contributed by atoms with E-state index in [2.05, 4.69) is 20.0 Å². The molecule has 32 heavy (non-hydrogen) atoms. The van der Waals surface area contributed by atoms with Crippen molar-refractivity contribution in [3.63, 3.8) is 0 Å². The number of rotatable bonds is 6. The fourth-order valence-corrected chi connectivity index (χ4v) is 3.03. The number of aliphatic hydroxyl groups is 1. The number of nitro groups is 1. The van der Waals surface area contributed by atoms with Crippen LogP contribution in [0.3, 0.4) is 0 Å². The standard InChI is InChI=1S/C19H16ClN5O7/c1-32-19(29)14(15-17(27)24-12-6-8(20)2-4-10(12)22-15)16(26)18(28)23-11-5-3-9(21)7-13(11)25(30)31/h2-7,14,23,26,28H,21H2,1H3,(H,24,27)/p-1. The van der Waals surface area contributed by atoms with Crippen molar-refractivity contribution in [3.05, 3.63) is 79.2 Å². The second kappa shape index (κ2) is 8.81. The molecule has 1 heterocycles. The van der Waals surface area contributed by atoms with Crippen LogP contribution < -0.4 is 21.7 Å². The summed E-state index contributed by atoms with van der Waals surface area (Å²) in [4.78, 5) is 41.8. The Balaban J connectivity index is 2.11. The highest BCUT2D eigenvalue weighted by Gasteiger charge is 2.28. The minimum Gasteiger partial charge on any atom is -0.871 e. The minimum atomic E-state index is -1.95. The van der Waals surface area contributed by atoms with Crippen molar-refractivity contribution in [1.29, 1.82) is 0 Å². The summed E-state index contributed by atoms with van der Waals surface area (Å²) >= 11 is 5.88. The van der Waals surface area contributed by atoms with E-state index in [4.69, 9.17) is 17.3 Å². The second-order valence-corrected chi connectivity index (χ2v) is 6.88. The maximum Gasteiger partial charge on any atom is 0.318 e. The zero-order chi connectivity index (χ0) is 23.6. The van der Waals surface area contributed by atoms with Crippen LogP contribution in [0.2, 0.25) is 5.02 Å². The Hall–Kier alpha value is -4.32. The number of aromatic nitrogens is 2. The monoisotopic (exact) mass is 460 g/mol. The predicted molar refractivity (Wildman–Crippen MR) is 113 cm³/mol. The van der Waals surface area contributed by atoms with Crippen molar-refractivity contribution in [2.24, 2.45) is 0 Å². The number of fused-ring (bicyclic) bond motifs is 1. The first-order chi connectivity index (χ1) is 15.1. The minimum absolute atomic E-state index is 0.0764. The topological polar surface area (TPSA) is 197 Å².